The van der Waals surface area contributed by atoms with Crippen molar-refractivity contribution in [3.8, 4) is 11.5 Å². The fraction of sp³-hybridized carbons (Fsp3) is 0.385. The normalized spacial score (nSPS) is 18.4. The average molecular weight is 264 g/mol. The fourth-order valence-corrected chi connectivity index (χ4v) is 2.30. The topological polar surface area (TPSA) is 89.9 Å². The molecule has 0 bridgehead atoms. The number of carbonyl (C=O) groups excluding carboxylic acids is 2. The SMILES string of the molecule is CNC(=O)C1CCCN1C(=O)c1cc(O)ccc1O. The van der Waals surface area contributed by atoms with E-state index in [2.05, 4.69) is 5.32 Å². The summed E-state index contributed by atoms with van der Waals surface area (Å²) in [5.74, 6) is -0.966. The van der Waals surface area contributed by atoms with E-state index in [0.29, 0.717) is 13.0 Å². The number of nitrogens with one attached hydrogen (secondary N) is 1. The molecule has 0 aromatic heterocycles. The molecule has 1 unspecified atom stereocenters. The Balaban J connectivity index is 2.28. The number of aromatic hydroxyl groups is 2. The number of phenols is 2. The Kier molecular flexibility index (Phi) is 3.59. The zero-order chi connectivity index (χ0) is 14.0. The highest BCUT2D eigenvalue weighted by Gasteiger charge is 2.34. The van der Waals surface area contributed by atoms with Gasteiger partial charge in [-0.3, -0.25) is 9.59 Å². The van der Waals surface area contributed by atoms with E-state index in [1.165, 1.54) is 30.1 Å². The Morgan fingerprint density at radius 2 is 2.11 bits per heavy atom. The number of likely N-dealkylation sites (N-methyl/N-ethyl adjacent to an activating group) is 1. The van der Waals surface area contributed by atoms with E-state index in [1.807, 2.05) is 0 Å². The molecular weight excluding hydrogens is 248 g/mol. The van der Waals surface area contributed by atoms with Gasteiger partial charge in [0.05, 0.1) is 5.56 Å². The number of nitrogens with zero attached hydrogens (tertiary/aromatic N) is 1. The Labute approximate surface area is 110 Å². The third-order valence-electron chi connectivity index (χ3n) is 3.27. The van der Waals surface area contributed by atoms with Gasteiger partial charge in [0, 0.05) is 13.6 Å². The number of hydrogen-bond acceptors (Lipinski definition) is 4. The summed E-state index contributed by atoms with van der Waals surface area (Å²) in [6.07, 6.45) is 1.34. The molecule has 2 rings (SSSR count). The number of benzene rings is 1. The van der Waals surface area contributed by atoms with E-state index < -0.39 is 11.9 Å². The van der Waals surface area contributed by atoms with Gasteiger partial charge in [0.15, 0.2) is 0 Å². The molecule has 0 saturated carbocycles. The van der Waals surface area contributed by atoms with Crippen LogP contribution < -0.4 is 5.32 Å². The van der Waals surface area contributed by atoms with Gasteiger partial charge in [-0.2, -0.15) is 0 Å². The van der Waals surface area contributed by atoms with Crippen LogP contribution in [0.25, 0.3) is 0 Å². The predicted octanol–water partition coefficient (Wildman–Crippen LogP) is 0.448. The molecule has 1 aromatic carbocycles. The van der Waals surface area contributed by atoms with Crippen LogP contribution in [0.1, 0.15) is 23.2 Å². The quantitative estimate of drug-likeness (QED) is 0.676. The van der Waals surface area contributed by atoms with E-state index in [0.717, 1.165) is 6.42 Å². The first-order valence-corrected chi connectivity index (χ1v) is 6.09. The van der Waals surface area contributed by atoms with Gasteiger partial charge in [-0.15, -0.1) is 0 Å². The summed E-state index contributed by atoms with van der Waals surface area (Å²) >= 11 is 0. The number of amides is 2. The third-order valence-corrected chi connectivity index (χ3v) is 3.27. The van der Waals surface area contributed by atoms with Crippen molar-refractivity contribution in [2.24, 2.45) is 0 Å². The maximum Gasteiger partial charge on any atom is 0.258 e. The molecule has 6 nitrogen and oxygen atoms in total. The summed E-state index contributed by atoms with van der Waals surface area (Å²) < 4.78 is 0. The third kappa shape index (κ3) is 2.47. The molecule has 1 atom stereocenters. The summed E-state index contributed by atoms with van der Waals surface area (Å²) in [6.45, 7) is 0.464. The molecule has 0 aliphatic carbocycles. The van der Waals surface area contributed by atoms with E-state index >= 15 is 0 Å². The van der Waals surface area contributed by atoms with Crippen molar-refractivity contribution in [2.45, 2.75) is 18.9 Å². The fourth-order valence-electron chi connectivity index (χ4n) is 2.30. The molecule has 2 amide bonds. The second-order valence-electron chi connectivity index (χ2n) is 4.47. The molecule has 1 aliphatic heterocycles. The van der Waals surface area contributed by atoms with E-state index in [9.17, 15) is 19.8 Å². The minimum atomic E-state index is -0.515. The van der Waals surface area contributed by atoms with Crippen LogP contribution in [0.5, 0.6) is 11.5 Å². The van der Waals surface area contributed by atoms with Gasteiger partial charge in [0.25, 0.3) is 5.91 Å². The first-order chi connectivity index (χ1) is 9.04. The highest BCUT2D eigenvalue weighted by molar-refractivity contribution is 6.00. The Morgan fingerprint density at radius 1 is 1.37 bits per heavy atom. The minimum absolute atomic E-state index is 0.0100. The second-order valence-corrected chi connectivity index (χ2v) is 4.47. The number of phenolic OH excluding ortho intramolecular Hbond substituents is 2. The lowest BCUT2D eigenvalue weighted by atomic mass is 10.1. The standard InChI is InChI=1S/C13H16N2O4/c1-14-12(18)10-3-2-6-15(10)13(19)9-7-8(16)4-5-11(9)17/h4-5,7,10,16-17H,2-3,6H2,1H3,(H,14,18). The predicted molar refractivity (Wildman–Crippen MR) is 67.9 cm³/mol. The number of rotatable bonds is 2. The lowest BCUT2D eigenvalue weighted by Crippen LogP contribution is -2.44. The number of carbonyl (C=O) groups is 2. The van der Waals surface area contributed by atoms with Gasteiger partial charge in [0.1, 0.15) is 17.5 Å². The van der Waals surface area contributed by atoms with Crippen LogP contribution in [-0.4, -0.2) is 46.6 Å². The van der Waals surface area contributed by atoms with Crippen LogP contribution in [0.4, 0.5) is 0 Å². The van der Waals surface area contributed by atoms with Crippen LogP contribution in [0.2, 0.25) is 0 Å². The highest BCUT2D eigenvalue weighted by Crippen LogP contribution is 2.27. The van der Waals surface area contributed by atoms with E-state index in [-0.39, 0.29) is 23.0 Å². The van der Waals surface area contributed by atoms with Crippen molar-refractivity contribution in [1.82, 2.24) is 10.2 Å². The van der Waals surface area contributed by atoms with Crippen LogP contribution in [0.3, 0.4) is 0 Å². The van der Waals surface area contributed by atoms with Crippen LogP contribution in [0, 0.1) is 0 Å². The molecule has 102 valence electrons. The highest BCUT2D eigenvalue weighted by atomic mass is 16.3. The summed E-state index contributed by atoms with van der Waals surface area (Å²) in [7, 11) is 1.52. The van der Waals surface area contributed by atoms with E-state index in [1.54, 1.807) is 0 Å². The Bertz CT molecular complexity index is 515. The maximum absolute atomic E-state index is 12.3. The van der Waals surface area contributed by atoms with Crippen LogP contribution in [-0.2, 0) is 4.79 Å². The van der Waals surface area contributed by atoms with Crippen molar-refractivity contribution in [2.75, 3.05) is 13.6 Å². The molecule has 1 aliphatic rings. The summed E-state index contributed by atoms with van der Waals surface area (Å²) in [6, 6.07) is 3.25. The molecule has 3 N–H and O–H groups in total. The first kappa shape index (κ1) is 13.2. The molecule has 0 radical (unpaired) electrons. The van der Waals surface area contributed by atoms with Crippen LogP contribution >= 0.6 is 0 Å². The molecule has 1 saturated heterocycles. The van der Waals surface area contributed by atoms with Crippen molar-refractivity contribution in [1.29, 1.82) is 0 Å². The van der Waals surface area contributed by atoms with Crippen molar-refractivity contribution in [3.05, 3.63) is 23.8 Å². The van der Waals surface area contributed by atoms with Crippen LogP contribution in [0.15, 0.2) is 18.2 Å². The largest absolute Gasteiger partial charge is 0.508 e. The molecular formula is C13H16N2O4. The minimum Gasteiger partial charge on any atom is -0.508 e. The van der Waals surface area contributed by atoms with Crippen molar-refractivity contribution >= 4 is 11.8 Å². The van der Waals surface area contributed by atoms with E-state index in [4.69, 9.17) is 0 Å². The molecule has 6 heteroatoms. The Morgan fingerprint density at radius 3 is 2.79 bits per heavy atom. The van der Waals surface area contributed by atoms with Gasteiger partial charge < -0.3 is 20.4 Å². The molecule has 1 aromatic rings. The summed E-state index contributed by atoms with van der Waals surface area (Å²) in [4.78, 5) is 25.4. The maximum atomic E-state index is 12.3. The van der Waals surface area contributed by atoms with Gasteiger partial charge in [-0.1, -0.05) is 0 Å². The lowest BCUT2D eigenvalue weighted by molar-refractivity contribution is -0.124. The smallest absolute Gasteiger partial charge is 0.258 e. The molecule has 1 fully saturated rings. The molecule has 0 spiro atoms. The zero-order valence-corrected chi connectivity index (χ0v) is 10.6. The molecule has 19 heavy (non-hydrogen) atoms. The summed E-state index contributed by atoms with van der Waals surface area (Å²) in [5, 5.41) is 21.6. The number of likely N-dealkylation sites (tertiary alicyclic amines) is 1. The Hall–Kier alpha value is -2.24. The lowest BCUT2D eigenvalue weighted by Gasteiger charge is -2.23. The monoisotopic (exact) mass is 264 g/mol. The zero-order valence-electron chi connectivity index (χ0n) is 10.6. The van der Waals surface area contributed by atoms with Gasteiger partial charge >= 0.3 is 0 Å². The first-order valence-electron chi connectivity index (χ1n) is 6.09. The second kappa shape index (κ2) is 5.17. The van der Waals surface area contributed by atoms with Gasteiger partial charge in [-0.25, -0.2) is 0 Å². The average Bonchev–Trinajstić information content (AvgIpc) is 2.89. The van der Waals surface area contributed by atoms with Crippen molar-refractivity contribution < 1.29 is 19.8 Å². The van der Waals surface area contributed by atoms with Gasteiger partial charge in [-0.05, 0) is 31.0 Å². The number of hydrogen-bond donors (Lipinski definition) is 3. The molecule has 1 heterocycles. The van der Waals surface area contributed by atoms with Crippen molar-refractivity contribution in [3.63, 3.8) is 0 Å². The van der Waals surface area contributed by atoms with Gasteiger partial charge in [0.2, 0.25) is 5.91 Å². The summed E-state index contributed by atoms with van der Waals surface area (Å²) in [5.41, 5.74) is 0.0100.